The van der Waals surface area contributed by atoms with Crippen LogP contribution in [0, 0.1) is 0 Å². The van der Waals surface area contributed by atoms with Crippen LogP contribution in [0.2, 0.25) is 0 Å². The second-order valence-corrected chi connectivity index (χ2v) is 7.21. The summed E-state index contributed by atoms with van der Waals surface area (Å²) in [5.41, 5.74) is 1.22. The van der Waals surface area contributed by atoms with Gasteiger partial charge < -0.3 is 0 Å². The summed E-state index contributed by atoms with van der Waals surface area (Å²) >= 11 is 2.84. The number of benzene rings is 1. The summed E-state index contributed by atoms with van der Waals surface area (Å²) in [5.74, 6) is 0.481. The number of para-hydroxylation sites is 1. The van der Waals surface area contributed by atoms with Crippen LogP contribution in [0.5, 0.6) is 0 Å². The van der Waals surface area contributed by atoms with Gasteiger partial charge in [-0.05, 0) is 19.1 Å². The zero-order chi connectivity index (χ0) is 17.4. The van der Waals surface area contributed by atoms with Crippen LogP contribution in [0.4, 0.5) is 0 Å². The van der Waals surface area contributed by atoms with Gasteiger partial charge in [-0.1, -0.05) is 23.9 Å². The van der Waals surface area contributed by atoms with E-state index in [-0.39, 0.29) is 11.1 Å². The molecule has 0 N–H and O–H groups in total. The van der Waals surface area contributed by atoms with Gasteiger partial charge in [0, 0.05) is 29.9 Å². The van der Waals surface area contributed by atoms with E-state index < -0.39 is 0 Å². The Balaban J connectivity index is 1.72. The lowest BCUT2D eigenvalue weighted by Gasteiger charge is -2.10. The molecule has 0 spiro atoms. The average Bonchev–Trinajstić information content (AvgIpc) is 3.09. The van der Waals surface area contributed by atoms with Crippen molar-refractivity contribution in [2.75, 3.05) is 0 Å². The maximum Gasteiger partial charge on any atom is 0.262 e. The monoisotopic (exact) mass is 370 g/mol. The Morgan fingerprint density at radius 2 is 2.04 bits per heavy atom. The Labute approximate surface area is 150 Å². The molecule has 8 heteroatoms. The number of thiazole rings is 1. The van der Waals surface area contributed by atoms with Gasteiger partial charge in [-0.25, -0.2) is 9.97 Å². The van der Waals surface area contributed by atoms with E-state index in [1.807, 2.05) is 30.5 Å². The Morgan fingerprint density at radius 3 is 2.88 bits per heavy atom. The minimum Gasteiger partial charge on any atom is -0.287 e. The van der Waals surface area contributed by atoms with Crippen LogP contribution in [0.3, 0.4) is 0 Å². The lowest BCUT2D eigenvalue weighted by Crippen LogP contribution is -2.22. The third kappa shape index (κ3) is 2.87. The highest BCUT2D eigenvalue weighted by Gasteiger charge is 2.11. The van der Waals surface area contributed by atoms with Gasteiger partial charge in [0.1, 0.15) is 0 Å². The van der Waals surface area contributed by atoms with Gasteiger partial charge >= 0.3 is 0 Å². The molecule has 0 aliphatic heterocycles. The molecule has 6 nitrogen and oxygen atoms in total. The Morgan fingerprint density at radius 1 is 1.20 bits per heavy atom. The van der Waals surface area contributed by atoms with Crippen molar-refractivity contribution in [3.8, 4) is 0 Å². The summed E-state index contributed by atoms with van der Waals surface area (Å²) < 4.78 is 3.18. The molecule has 0 aliphatic rings. The number of nitrogens with zero attached hydrogens (tertiary/aromatic N) is 4. The number of aromatic nitrogens is 4. The van der Waals surface area contributed by atoms with E-state index in [4.69, 9.17) is 0 Å². The van der Waals surface area contributed by atoms with Crippen molar-refractivity contribution in [3.63, 3.8) is 0 Å². The van der Waals surface area contributed by atoms with Crippen molar-refractivity contribution in [2.45, 2.75) is 24.4 Å². The predicted molar refractivity (Wildman–Crippen MR) is 101 cm³/mol. The van der Waals surface area contributed by atoms with E-state index in [2.05, 4.69) is 9.97 Å². The lowest BCUT2D eigenvalue weighted by molar-refractivity contribution is 0.634. The fourth-order valence-electron chi connectivity index (χ4n) is 2.64. The van der Waals surface area contributed by atoms with Gasteiger partial charge in [-0.3, -0.25) is 18.6 Å². The fraction of sp³-hybridized carbons (Fsp3) is 0.176. The van der Waals surface area contributed by atoms with Gasteiger partial charge in [0.25, 0.3) is 11.1 Å². The van der Waals surface area contributed by atoms with Crippen molar-refractivity contribution in [3.05, 3.63) is 68.3 Å². The van der Waals surface area contributed by atoms with Crippen LogP contribution in [0.25, 0.3) is 15.9 Å². The highest BCUT2D eigenvalue weighted by atomic mass is 32.2. The number of rotatable bonds is 4. The lowest BCUT2D eigenvalue weighted by atomic mass is 10.2. The molecule has 1 aromatic carbocycles. The Hall–Kier alpha value is -2.45. The molecule has 0 fully saturated rings. The SMILES string of the molecule is CCn1c(SCc2cc(=O)n3ccsc3n2)nc2ccccc2c1=O. The smallest absolute Gasteiger partial charge is 0.262 e. The molecular formula is C17H14N4O2S2. The maximum absolute atomic E-state index is 12.6. The van der Waals surface area contributed by atoms with E-state index >= 15 is 0 Å². The van der Waals surface area contributed by atoms with E-state index in [0.717, 1.165) is 0 Å². The molecule has 0 aliphatic carbocycles. The summed E-state index contributed by atoms with van der Waals surface area (Å²) in [6, 6.07) is 8.86. The molecular weight excluding hydrogens is 356 g/mol. The predicted octanol–water partition coefficient (Wildman–Crippen LogP) is 2.78. The summed E-state index contributed by atoms with van der Waals surface area (Å²) in [5, 5.41) is 3.09. The van der Waals surface area contributed by atoms with Gasteiger partial charge in [0.05, 0.1) is 16.6 Å². The van der Waals surface area contributed by atoms with Gasteiger partial charge in [-0.2, -0.15) is 0 Å². The van der Waals surface area contributed by atoms with Crippen LogP contribution in [0.15, 0.2) is 56.7 Å². The Bertz CT molecular complexity index is 1190. The zero-order valence-electron chi connectivity index (χ0n) is 13.4. The summed E-state index contributed by atoms with van der Waals surface area (Å²) in [6.45, 7) is 2.46. The summed E-state index contributed by atoms with van der Waals surface area (Å²) in [4.78, 5) is 34.5. The molecule has 0 atom stereocenters. The van der Waals surface area contributed by atoms with Gasteiger partial charge in [-0.15, -0.1) is 11.3 Å². The number of fused-ring (bicyclic) bond motifs is 2. The molecule has 0 unspecified atom stereocenters. The second kappa shape index (κ2) is 6.45. The van der Waals surface area contributed by atoms with Crippen LogP contribution < -0.4 is 11.1 Å². The highest BCUT2D eigenvalue weighted by Crippen LogP contribution is 2.21. The van der Waals surface area contributed by atoms with E-state index in [1.165, 1.54) is 33.6 Å². The van der Waals surface area contributed by atoms with E-state index in [0.29, 0.717) is 39.0 Å². The summed E-state index contributed by atoms with van der Waals surface area (Å²) in [6.07, 6.45) is 1.71. The van der Waals surface area contributed by atoms with E-state index in [1.54, 1.807) is 16.8 Å². The van der Waals surface area contributed by atoms with E-state index in [9.17, 15) is 9.59 Å². The van der Waals surface area contributed by atoms with Crippen LogP contribution in [0.1, 0.15) is 12.6 Å². The fourth-order valence-corrected chi connectivity index (χ4v) is 4.33. The molecule has 0 bridgehead atoms. The third-order valence-electron chi connectivity index (χ3n) is 3.85. The summed E-state index contributed by atoms with van der Waals surface area (Å²) in [7, 11) is 0. The molecule has 25 heavy (non-hydrogen) atoms. The Kier molecular flexibility index (Phi) is 4.14. The van der Waals surface area contributed by atoms with Crippen LogP contribution in [-0.2, 0) is 12.3 Å². The average molecular weight is 370 g/mol. The van der Waals surface area contributed by atoms with Crippen molar-refractivity contribution < 1.29 is 0 Å². The van der Waals surface area contributed by atoms with Gasteiger partial charge in [0.2, 0.25) is 0 Å². The third-order valence-corrected chi connectivity index (χ3v) is 5.61. The number of hydrogen-bond acceptors (Lipinski definition) is 6. The first-order valence-corrected chi connectivity index (χ1v) is 9.62. The molecule has 4 rings (SSSR count). The molecule has 0 amide bonds. The van der Waals surface area contributed by atoms with Crippen molar-refractivity contribution in [1.82, 2.24) is 18.9 Å². The first-order valence-electron chi connectivity index (χ1n) is 7.75. The molecule has 126 valence electrons. The molecule has 0 saturated carbocycles. The highest BCUT2D eigenvalue weighted by molar-refractivity contribution is 7.98. The van der Waals surface area contributed by atoms with Crippen molar-refractivity contribution in [1.29, 1.82) is 0 Å². The van der Waals surface area contributed by atoms with Gasteiger partial charge in [0.15, 0.2) is 10.1 Å². The molecule has 3 aromatic heterocycles. The molecule has 0 radical (unpaired) electrons. The minimum atomic E-state index is -0.0961. The standard InChI is InChI=1S/C17H14N4O2S2/c1-2-20-15(23)12-5-3-4-6-13(12)19-17(20)25-10-11-9-14(22)21-7-8-24-16(21)18-11/h3-9H,2,10H2,1H3. The first-order chi connectivity index (χ1) is 12.2. The number of hydrogen-bond donors (Lipinski definition) is 0. The van der Waals surface area contributed by atoms with Crippen LogP contribution >= 0.6 is 23.1 Å². The normalized spacial score (nSPS) is 11.4. The molecule has 3 heterocycles. The first kappa shape index (κ1) is 16.0. The minimum absolute atomic E-state index is 0.0441. The molecule has 0 saturated heterocycles. The largest absolute Gasteiger partial charge is 0.287 e. The number of thioether (sulfide) groups is 1. The maximum atomic E-state index is 12.6. The van der Waals surface area contributed by atoms with Crippen LogP contribution in [-0.4, -0.2) is 18.9 Å². The second-order valence-electron chi connectivity index (χ2n) is 5.39. The van der Waals surface area contributed by atoms with Crippen molar-refractivity contribution in [2.24, 2.45) is 0 Å². The van der Waals surface area contributed by atoms with Crippen molar-refractivity contribution >= 4 is 39.0 Å². The quantitative estimate of drug-likeness (QED) is 0.408. The zero-order valence-corrected chi connectivity index (χ0v) is 15.0. The topological polar surface area (TPSA) is 69.3 Å². The molecule has 4 aromatic rings.